The first-order valence-electron chi connectivity index (χ1n) is 12.3. The minimum atomic E-state index is -4.64. The van der Waals surface area contributed by atoms with Crippen molar-refractivity contribution in [2.75, 3.05) is 47.6 Å². The summed E-state index contributed by atoms with van der Waals surface area (Å²) < 4.78 is 47.2. The molecule has 1 saturated heterocycles. The van der Waals surface area contributed by atoms with Gasteiger partial charge in [0.05, 0.1) is 11.1 Å². The highest BCUT2D eigenvalue weighted by atomic mass is 35.5. The van der Waals surface area contributed by atoms with Crippen LogP contribution in [-0.4, -0.2) is 59.5 Å². The highest BCUT2D eigenvalue weighted by Crippen LogP contribution is 2.37. The lowest BCUT2D eigenvalue weighted by Crippen LogP contribution is -2.50. The molecule has 0 unspecified atom stereocenters. The Labute approximate surface area is 229 Å². The van der Waals surface area contributed by atoms with Gasteiger partial charge in [0.2, 0.25) is 5.91 Å². The maximum atomic E-state index is 13.9. The van der Waals surface area contributed by atoms with Crippen LogP contribution in [0, 0.1) is 0 Å². The molecule has 0 atom stereocenters. The largest absolute Gasteiger partial charge is 0.444 e. The van der Waals surface area contributed by atoms with Crippen LogP contribution < -0.4 is 15.5 Å². The molecule has 4 rings (SSSR count). The lowest BCUT2D eigenvalue weighted by Gasteiger charge is -2.36. The molecule has 3 aromatic rings. The fourth-order valence-corrected chi connectivity index (χ4v) is 4.24. The maximum absolute atomic E-state index is 13.9. The van der Waals surface area contributed by atoms with E-state index in [0.717, 1.165) is 11.8 Å². The van der Waals surface area contributed by atoms with Crippen molar-refractivity contribution >= 4 is 57.4 Å². The Morgan fingerprint density at radius 3 is 2.21 bits per heavy atom. The Morgan fingerprint density at radius 1 is 0.974 bits per heavy atom. The van der Waals surface area contributed by atoms with Gasteiger partial charge in [0.25, 0.3) is 0 Å². The van der Waals surface area contributed by atoms with Crippen molar-refractivity contribution in [2.45, 2.75) is 32.5 Å². The van der Waals surface area contributed by atoms with Crippen LogP contribution in [0.5, 0.6) is 0 Å². The van der Waals surface area contributed by atoms with E-state index in [4.69, 9.17) is 16.3 Å². The Morgan fingerprint density at radius 2 is 1.62 bits per heavy atom. The van der Waals surface area contributed by atoms with E-state index in [2.05, 4.69) is 20.5 Å². The van der Waals surface area contributed by atoms with Gasteiger partial charge in [0.15, 0.2) is 0 Å². The van der Waals surface area contributed by atoms with E-state index in [9.17, 15) is 22.8 Å². The number of ether oxygens (including phenoxy) is 1. The van der Waals surface area contributed by atoms with E-state index in [1.54, 1.807) is 17.0 Å². The summed E-state index contributed by atoms with van der Waals surface area (Å²) in [5.74, 6) is -0.804. The van der Waals surface area contributed by atoms with Crippen molar-refractivity contribution in [1.82, 2.24) is 9.88 Å². The topological polar surface area (TPSA) is 86.8 Å². The van der Waals surface area contributed by atoms with E-state index in [-0.39, 0.29) is 34.4 Å². The molecule has 1 aromatic heterocycles. The predicted molar refractivity (Wildman–Crippen MR) is 146 cm³/mol. The highest BCUT2D eigenvalue weighted by molar-refractivity contribution is 6.29. The molecule has 2 amide bonds. The van der Waals surface area contributed by atoms with Crippen molar-refractivity contribution in [1.29, 1.82) is 0 Å². The molecule has 39 heavy (non-hydrogen) atoms. The van der Waals surface area contributed by atoms with Crippen LogP contribution in [0.15, 0.2) is 48.5 Å². The third kappa shape index (κ3) is 7.23. The molecule has 2 N–H and O–H groups in total. The second-order valence-electron chi connectivity index (χ2n) is 10.1. The number of piperazine rings is 1. The monoisotopic (exact) mass is 563 g/mol. The van der Waals surface area contributed by atoms with Crippen LogP contribution in [0.25, 0.3) is 10.9 Å². The van der Waals surface area contributed by atoms with Crippen LogP contribution >= 0.6 is 11.6 Å². The number of hydrogen-bond donors (Lipinski definition) is 2. The number of rotatable bonds is 5. The number of hydrogen-bond acceptors (Lipinski definition) is 6. The first-order valence-corrected chi connectivity index (χ1v) is 12.8. The molecule has 2 aromatic carbocycles. The zero-order chi connectivity index (χ0) is 28.4. The number of nitrogens with one attached hydrogen (secondary N) is 2. The third-order valence-corrected chi connectivity index (χ3v) is 6.20. The normalized spacial score (nSPS) is 14.3. The van der Waals surface area contributed by atoms with Crippen molar-refractivity contribution < 1.29 is 27.5 Å². The number of anilines is 4. The molecule has 208 valence electrons. The molecule has 1 aliphatic heterocycles. The Bertz CT molecular complexity index is 1350. The summed E-state index contributed by atoms with van der Waals surface area (Å²) in [5.41, 5.74) is 0.383. The minimum Gasteiger partial charge on any atom is -0.444 e. The molecule has 12 heteroatoms. The third-order valence-electron chi connectivity index (χ3n) is 5.96. The highest BCUT2D eigenvalue weighted by Gasteiger charge is 2.34. The zero-order valence-corrected chi connectivity index (χ0v) is 22.5. The van der Waals surface area contributed by atoms with Gasteiger partial charge in [-0.05, 0) is 69.3 Å². The molecule has 0 saturated carbocycles. The van der Waals surface area contributed by atoms with Gasteiger partial charge in [-0.25, -0.2) is 9.78 Å². The van der Waals surface area contributed by atoms with Crippen LogP contribution in [0.1, 0.15) is 26.3 Å². The molecule has 1 fully saturated rings. The summed E-state index contributed by atoms with van der Waals surface area (Å²) in [7, 11) is 0. The number of carbonyl (C=O) groups is 2. The number of benzene rings is 2. The van der Waals surface area contributed by atoms with Gasteiger partial charge in [0, 0.05) is 48.6 Å². The van der Waals surface area contributed by atoms with Crippen molar-refractivity contribution in [3.05, 3.63) is 54.1 Å². The van der Waals surface area contributed by atoms with E-state index in [1.165, 1.54) is 18.2 Å². The van der Waals surface area contributed by atoms with Gasteiger partial charge in [-0.1, -0.05) is 0 Å². The van der Waals surface area contributed by atoms with Gasteiger partial charge in [-0.3, -0.25) is 4.79 Å². The molecule has 8 nitrogen and oxygen atoms in total. The number of amides is 2. The van der Waals surface area contributed by atoms with Gasteiger partial charge in [-0.15, -0.1) is 11.6 Å². The summed E-state index contributed by atoms with van der Waals surface area (Å²) >= 11 is 5.48. The molecule has 0 radical (unpaired) electrons. The first kappa shape index (κ1) is 28.3. The number of aromatic nitrogens is 1. The van der Waals surface area contributed by atoms with E-state index in [0.29, 0.717) is 31.9 Å². The molecule has 1 aliphatic rings. The maximum Gasteiger partial charge on any atom is 0.417 e. The van der Waals surface area contributed by atoms with Gasteiger partial charge >= 0.3 is 12.3 Å². The average Bonchev–Trinajstić information content (AvgIpc) is 2.87. The predicted octanol–water partition coefficient (Wildman–Crippen LogP) is 6.23. The van der Waals surface area contributed by atoms with Crippen molar-refractivity contribution in [3.63, 3.8) is 0 Å². The van der Waals surface area contributed by atoms with Crippen LogP contribution in [0.4, 0.5) is 40.8 Å². The Balaban J connectivity index is 1.47. The van der Waals surface area contributed by atoms with E-state index in [1.807, 2.05) is 32.9 Å². The lowest BCUT2D eigenvalue weighted by atomic mass is 10.1. The summed E-state index contributed by atoms with van der Waals surface area (Å²) in [6.07, 6.45) is -4.98. The molecule has 0 spiro atoms. The molecular formula is C27H29ClF3N5O3. The number of carbonyl (C=O) groups excluding carboxylic acids is 2. The SMILES string of the molecule is CC(C)(C)OC(=O)N1CCN(c2ccc(Nc3cc(C(F)(F)F)c4cc(NC(=O)CCl)ccc4n3)cc2)CC1. The number of nitrogens with zero attached hydrogens (tertiary/aromatic N) is 3. The fraction of sp³-hybridized carbons (Fsp3) is 0.370. The lowest BCUT2D eigenvalue weighted by molar-refractivity contribution is -0.136. The quantitative estimate of drug-likeness (QED) is 0.358. The molecular weight excluding hydrogens is 535 g/mol. The number of pyridine rings is 1. The Kier molecular flexibility index (Phi) is 8.10. The van der Waals surface area contributed by atoms with Gasteiger partial charge < -0.3 is 25.2 Å². The summed E-state index contributed by atoms with van der Waals surface area (Å²) in [6.45, 7) is 7.78. The number of fused-ring (bicyclic) bond motifs is 1. The number of alkyl halides is 4. The van der Waals surface area contributed by atoms with Crippen LogP contribution in [0.2, 0.25) is 0 Å². The van der Waals surface area contributed by atoms with E-state index < -0.39 is 23.2 Å². The van der Waals surface area contributed by atoms with Crippen molar-refractivity contribution in [3.8, 4) is 0 Å². The standard InChI is InChI=1S/C27H29ClF3N5O3/c1-26(2,3)39-25(38)36-12-10-35(11-13-36)19-7-4-17(5-8-19)32-23-15-21(27(29,30)31)20-14-18(33-24(37)16-28)6-9-22(20)34-23/h4-9,14-15H,10-13,16H2,1-3H3,(H,32,34)(H,33,37). The second kappa shape index (κ2) is 11.2. The summed E-state index contributed by atoms with van der Waals surface area (Å²) in [4.78, 5) is 32.0. The zero-order valence-electron chi connectivity index (χ0n) is 21.7. The molecule has 2 heterocycles. The molecule has 0 bridgehead atoms. The first-order chi connectivity index (χ1) is 18.3. The second-order valence-corrected chi connectivity index (χ2v) is 10.4. The smallest absolute Gasteiger partial charge is 0.417 e. The summed E-state index contributed by atoms with van der Waals surface area (Å²) in [5, 5.41) is 5.27. The summed E-state index contributed by atoms with van der Waals surface area (Å²) in [6, 6.07) is 12.3. The van der Waals surface area contributed by atoms with Crippen LogP contribution in [0.3, 0.4) is 0 Å². The number of halogens is 4. The Hall–Kier alpha value is -3.73. The van der Waals surface area contributed by atoms with E-state index >= 15 is 0 Å². The fourth-order valence-electron chi connectivity index (χ4n) is 4.17. The minimum absolute atomic E-state index is 0.0334. The van der Waals surface area contributed by atoms with Crippen LogP contribution in [-0.2, 0) is 15.7 Å². The average molecular weight is 564 g/mol. The van der Waals surface area contributed by atoms with Crippen molar-refractivity contribution in [2.24, 2.45) is 0 Å². The van der Waals surface area contributed by atoms with Gasteiger partial charge in [0.1, 0.15) is 17.3 Å². The molecule has 0 aliphatic carbocycles. The van der Waals surface area contributed by atoms with Gasteiger partial charge in [-0.2, -0.15) is 13.2 Å².